The Morgan fingerprint density at radius 1 is 1.00 bits per heavy atom. The molecule has 2 aromatic rings. The summed E-state index contributed by atoms with van der Waals surface area (Å²) in [7, 11) is 0. The fraction of sp³-hybridized carbons (Fsp3) is 0.150. The van der Waals surface area contributed by atoms with Gasteiger partial charge < -0.3 is 14.2 Å². The maximum absolute atomic E-state index is 12.1. The number of nitrogens with zero attached hydrogens (tertiary/aromatic N) is 1. The Bertz CT molecular complexity index is 832. The van der Waals surface area contributed by atoms with Crippen LogP contribution in [0.1, 0.15) is 22.8 Å². The minimum Gasteiger partial charge on any atom is -0.490 e. The van der Waals surface area contributed by atoms with Crippen LogP contribution < -0.4 is 9.47 Å². The number of hydrogen-bond acceptors (Lipinski definition) is 6. The Morgan fingerprint density at radius 3 is 2.19 bits per heavy atom. The Balaban J connectivity index is 1.84. The molecule has 0 heterocycles. The van der Waals surface area contributed by atoms with Crippen LogP contribution in [0.2, 0.25) is 0 Å². The van der Waals surface area contributed by atoms with Gasteiger partial charge in [-0.15, -0.1) is 0 Å². The monoisotopic (exact) mass is 351 g/mol. The first-order chi connectivity index (χ1) is 12.5. The fourth-order valence-corrected chi connectivity index (χ4v) is 1.87. The molecule has 0 radical (unpaired) electrons. The zero-order chi connectivity index (χ0) is 18.9. The van der Waals surface area contributed by atoms with E-state index in [0.717, 1.165) is 0 Å². The van der Waals surface area contributed by atoms with Gasteiger partial charge in [0.05, 0.1) is 17.2 Å². The molecule has 0 aliphatic heterocycles. The molecule has 2 aromatic carbocycles. The van der Waals surface area contributed by atoms with E-state index in [-0.39, 0.29) is 13.2 Å². The standard InChI is InChI=1S/C20H17NO5/c1-14(2)19(22)25-12-11-24-17-9-5-16(6-10-17)20(23)26-18-7-3-15(13-21)4-8-18/h3-10H,1,11-12H2,2H3. The van der Waals surface area contributed by atoms with Crippen molar-refractivity contribution in [1.29, 1.82) is 5.26 Å². The van der Waals surface area contributed by atoms with E-state index in [9.17, 15) is 9.59 Å². The van der Waals surface area contributed by atoms with Crippen molar-refractivity contribution in [1.82, 2.24) is 0 Å². The number of nitriles is 1. The summed E-state index contributed by atoms with van der Waals surface area (Å²) in [6, 6.07) is 14.6. The zero-order valence-electron chi connectivity index (χ0n) is 14.2. The van der Waals surface area contributed by atoms with Gasteiger partial charge in [0.25, 0.3) is 0 Å². The summed E-state index contributed by atoms with van der Waals surface area (Å²) in [5.41, 5.74) is 1.17. The first-order valence-corrected chi connectivity index (χ1v) is 7.77. The third-order valence-corrected chi connectivity index (χ3v) is 3.22. The highest BCUT2D eigenvalue weighted by Crippen LogP contribution is 2.16. The summed E-state index contributed by atoms with van der Waals surface area (Å²) < 4.78 is 15.6. The summed E-state index contributed by atoms with van der Waals surface area (Å²) in [5, 5.41) is 8.75. The van der Waals surface area contributed by atoms with Gasteiger partial charge in [0.2, 0.25) is 0 Å². The van der Waals surface area contributed by atoms with Crippen LogP contribution in [0.3, 0.4) is 0 Å². The first-order valence-electron chi connectivity index (χ1n) is 7.77. The molecular formula is C20H17NO5. The number of esters is 2. The van der Waals surface area contributed by atoms with Gasteiger partial charge in [0, 0.05) is 5.57 Å². The lowest BCUT2D eigenvalue weighted by Gasteiger charge is -2.08. The molecule has 0 aliphatic rings. The molecule has 0 bridgehead atoms. The lowest BCUT2D eigenvalue weighted by molar-refractivity contribution is -0.139. The third kappa shape index (κ3) is 5.49. The average Bonchev–Trinajstić information content (AvgIpc) is 2.66. The van der Waals surface area contributed by atoms with Gasteiger partial charge in [-0.25, -0.2) is 9.59 Å². The van der Waals surface area contributed by atoms with Crippen molar-refractivity contribution >= 4 is 11.9 Å². The predicted molar refractivity (Wildman–Crippen MR) is 93.8 cm³/mol. The highest BCUT2D eigenvalue weighted by molar-refractivity contribution is 5.91. The normalized spacial score (nSPS) is 9.69. The topological polar surface area (TPSA) is 85.6 Å². The smallest absolute Gasteiger partial charge is 0.343 e. The zero-order valence-corrected chi connectivity index (χ0v) is 14.2. The number of carbonyl (C=O) groups is 2. The molecule has 0 amide bonds. The Kier molecular flexibility index (Phi) is 6.52. The maximum Gasteiger partial charge on any atom is 0.343 e. The number of carbonyl (C=O) groups excluding carboxylic acids is 2. The minimum atomic E-state index is -0.517. The van der Waals surface area contributed by atoms with Crippen molar-refractivity contribution in [3.63, 3.8) is 0 Å². The van der Waals surface area contributed by atoms with Crippen molar-refractivity contribution in [2.75, 3.05) is 13.2 Å². The molecule has 0 saturated heterocycles. The molecule has 0 aliphatic carbocycles. The van der Waals surface area contributed by atoms with Crippen molar-refractivity contribution in [3.05, 3.63) is 71.8 Å². The van der Waals surface area contributed by atoms with Crippen LogP contribution in [0.25, 0.3) is 0 Å². The molecule has 6 nitrogen and oxygen atoms in total. The highest BCUT2D eigenvalue weighted by atomic mass is 16.6. The minimum absolute atomic E-state index is 0.105. The van der Waals surface area contributed by atoms with Crippen molar-refractivity contribution in [2.24, 2.45) is 0 Å². The molecule has 0 aromatic heterocycles. The molecule has 2 rings (SSSR count). The summed E-state index contributed by atoms with van der Waals surface area (Å²) in [4.78, 5) is 23.3. The summed E-state index contributed by atoms with van der Waals surface area (Å²) in [5.74, 6) is -0.0916. The maximum atomic E-state index is 12.1. The van der Waals surface area contributed by atoms with Crippen molar-refractivity contribution in [3.8, 4) is 17.6 Å². The van der Waals surface area contributed by atoms with E-state index in [1.54, 1.807) is 55.5 Å². The molecule has 0 unspecified atom stereocenters. The SMILES string of the molecule is C=C(C)C(=O)OCCOc1ccc(C(=O)Oc2ccc(C#N)cc2)cc1. The summed E-state index contributed by atoms with van der Waals surface area (Å²) >= 11 is 0. The van der Waals surface area contributed by atoms with E-state index in [1.807, 2.05) is 6.07 Å². The van der Waals surface area contributed by atoms with E-state index < -0.39 is 11.9 Å². The Labute approximate surface area is 151 Å². The van der Waals surface area contributed by atoms with Gasteiger partial charge in [0.1, 0.15) is 24.7 Å². The molecule has 132 valence electrons. The fourth-order valence-electron chi connectivity index (χ4n) is 1.87. The van der Waals surface area contributed by atoms with Gasteiger partial charge >= 0.3 is 11.9 Å². The van der Waals surface area contributed by atoms with Crippen molar-refractivity contribution < 1.29 is 23.8 Å². The van der Waals surface area contributed by atoms with E-state index >= 15 is 0 Å². The number of hydrogen-bond donors (Lipinski definition) is 0. The van der Waals surface area contributed by atoms with Gasteiger partial charge in [-0.1, -0.05) is 6.58 Å². The largest absolute Gasteiger partial charge is 0.490 e. The van der Waals surface area contributed by atoms with Crippen LogP contribution in [0.5, 0.6) is 11.5 Å². The highest BCUT2D eigenvalue weighted by Gasteiger charge is 2.09. The molecular weight excluding hydrogens is 334 g/mol. The Hall–Kier alpha value is -3.59. The van der Waals surface area contributed by atoms with Gasteiger partial charge in [-0.05, 0) is 55.5 Å². The first kappa shape index (κ1) is 18.7. The molecule has 0 fully saturated rings. The lowest BCUT2D eigenvalue weighted by Crippen LogP contribution is -2.12. The number of benzene rings is 2. The van der Waals surface area contributed by atoms with Crippen LogP contribution >= 0.6 is 0 Å². The molecule has 0 saturated carbocycles. The summed E-state index contributed by atoms with van der Waals surface area (Å²) in [6.07, 6.45) is 0. The Morgan fingerprint density at radius 2 is 1.62 bits per heavy atom. The van der Waals surface area contributed by atoms with Crippen LogP contribution in [-0.4, -0.2) is 25.2 Å². The van der Waals surface area contributed by atoms with E-state index in [0.29, 0.717) is 28.2 Å². The van der Waals surface area contributed by atoms with Crippen LogP contribution in [0, 0.1) is 11.3 Å². The van der Waals surface area contributed by atoms with Gasteiger partial charge in [-0.3, -0.25) is 0 Å². The summed E-state index contributed by atoms with van der Waals surface area (Å²) in [6.45, 7) is 5.35. The second-order valence-electron chi connectivity index (χ2n) is 5.31. The second kappa shape index (κ2) is 9.04. The molecule has 6 heteroatoms. The van der Waals surface area contributed by atoms with E-state index in [4.69, 9.17) is 19.5 Å². The third-order valence-electron chi connectivity index (χ3n) is 3.22. The van der Waals surface area contributed by atoms with E-state index in [1.165, 1.54) is 0 Å². The van der Waals surface area contributed by atoms with E-state index in [2.05, 4.69) is 6.58 Å². The average molecular weight is 351 g/mol. The van der Waals surface area contributed by atoms with Gasteiger partial charge in [-0.2, -0.15) is 5.26 Å². The quantitative estimate of drug-likeness (QED) is 0.329. The number of ether oxygens (including phenoxy) is 3. The van der Waals surface area contributed by atoms with Crippen LogP contribution in [0.15, 0.2) is 60.7 Å². The lowest BCUT2D eigenvalue weighted by atomic mass is 10.2. The van der Waals surface area contributed by atoms with Crippen molar-refractivity contribution in [2.45, 2.75) is 6.92 Å². The van der Waals surface area contributed by atoms with Crippen LogP contribution in [-0.2, 0) is 9.53 Å². The molecule has 0 spiro atoms. The van der Waals surface area contributed by atoms with Gasteiger partial charge in [0.15, 0.2) is 0 Å². The molecule has 26 heavy (non-hydrogen) atoms. The predicted octanol–water partition coefficient (Wildman–Crippen LogP) is 3.28. The van der Waals surface area contributed by atoms with Crippen LogP contribution in [0.4, 0.5) is 0 Å². The second-order valence-corrected chi connectivity index (χ2v) is 5.31. The molecule has 0 atom stereocenters. The number of rotatable bonds is 7. The molecule has 0 N–H and O–H groups in total.